The highest BCUT2D eigenvalue weighted by molar-refractivity contribution is 7.80. The fraction of sp³-hybridized carbons (Fsp3) is 0.545. The molecule has 4 nitrogen and oxygen atoms in total. The smallest absolute Gasteiger partial charge is 0.155 e. The monoisotopic (exact) mass is 238 g/mol. The molecule has 16 heavy (non-hydrogen) atoms. The molecule has 88 valence electrons. The summed E-state index contributed by atoms with van der Waals surface area (Å²) >= 11 is 4.91. The summed E-state index contributed by atoms with van der Waals surface area (Å²) in [6.07, 6.45) is 8.09. The van der Waals surface area contributed by atoms with Gasteiger partial charge in [-0.1, -0.05) is 38.4 Å². The summed E-state index contributed by atoms with van der Waals surface area (Å²) in [5, 5.41) is 3.21. The van der Waals surface area contributed by atoms with Crippen LogP contribution in [0.15, 0.2) is 12.4 Å². The fourth-order valence-electron chi connectivity index (χ4n) is 1.41. The summed E-state index contributed by atoms with van der Waals surface area (Å²) in [7, 11) is 0. The third-order valence-electron chi connectivity index (χ3n) is 2.25. The minimum absolute atomic E-state index is 0.282. The Labute approximate surface area is 102 Å². The molecule has 0 fully saturated rings. The van der Waals surface area contributed by atoms with Crippen molar-refractivity contribution in [2.24, 2.45) is 5.73 Å². The molecule has 1 rings (SSSR count). The summed E-state index contributed by atoms with van der Waals surface area (Å²) in [5.74, 6) is 0.687. The van der Waals surface area contributed by atoms with E-state index in [0.29, 0.717) is 11.5 Å². The minimum atomic E-state index is 0.282. The van der Waals surface area contributed by atoms with Crippen LogP contribution in [0.3, 0.4) is 0 Å². The number of hydrogen-bond donors (Lipinski definition) is 2. The van der Waals surface area contributed by atoms with Gasteiger partial charge in [0, 0.05) is 18.9 Å². The Hall–Kier alpha value is -1.23. The normalized spacial score (nSPS) is 10.1. The van der Waals surface area contributed by atoms with E-state index >= 15 is 0 Å². The van der Waals surface area contributed by atoms with Crippen molar-refractivity contribution < 1.29 is 0 Å². The Bertz CT molecular complexity index is 341. The molecule has 0 spiro atoms. The SMILES string of the molecule is CCCCCCNc1nccnc1C(N)=S. The Morgan fingerprint density at radius 2 is 2.06 bits per heavy atom. The van der Waals surface area contributed by atoms with E-state index < -0.39 is 0 Å². The molecule has 1 heterocycles. The van der Waals surface area contributed by atoms with Crippen LogP contribution in [0.2, 0.25) is 0 Å². The van der Waals surface area contributed by atoms with E-state index in [1.165, 1.54) is 19.3 Å². The molecule has 0 aromatic carbocycles. The summed E-state index contributed by atoms with van der Waals surface area (Å²) in [4.78, 5) is 8.56. The second-order valence-electron chi connectivity index (χ2n) is 3.61. The van der Waals surface area contributed by atoms with Gasteiger partial charge in [-0.25, -0.2) is 9.97 Å². The van der Waals surface area contributed by atoms with Gasteiger partial charge in [-0.3, -0.25) is 0 Å². The highest BCUT2D eigenvalue weighted by atomic mass is 32.1. The average molecular weight is 238 g/mol. The van der Waals surface area contributed by atoms with E-state index in [0.717, 1.165) is 13.0 Å². The van der Waals surface area contributed by atoms with Crippen LogP contribution in [0.4, 0.5) is 5.82 Å². The summed E-state index contributed by atoms with van der Waals surface area (Å²) in [6, 6.07) is 0. The van der Waals surface area contributed by atoms with Crippen molar-refractivity contribution in [3.05, 3.63) is 18.1 Å². The quantitative estimate of drug-likeness (QED) is 0.562. The number of aromatic nitrogens is 2. The lowest BCUT2D eigenvalue weighted by Crippen LogP contribution is -2.16. The summed E-state index contributed by atoms with van der Waals surface area (Å²) < 4.78 is 0. The maximum absolute atomic E-state index is 5.56. The maximum atomic E-state index is 5.56. The molecular formula is C11H18N4S. The molecule has 0 aliphatic rings. The van der Waals surface area contributed by atoms with Crippen LogP contribution in [0, 0.1) is 0 Å². The molecule has 0 radical (unpaired) electrons. The van der Waals surface area contributed by atoms with Crippen molar-refractivity contribution in [1.82, 2.24) is 9.97 Å². The number of hydrogen-bond acceptors (Lipinski definition) is 4. The van der Waals surface area contributed by atoms with Gasteiger partial charge in [-0.2, -0.15) is 0 Å². The van der Waals surface area contributed by atoms with E-state index in [9.17, 15) is 0 Å². The molecule has 1 aromatic rings. The van der Waals surface area contributed by atoms with Gasteiger partial charge >= 0.3 is 0 Å². The number of rotatable bonds is 7. The zero-order chi connectivity index (χ0) is 11.8. The number of anilines is 1. The lowest BCUT2D eigenvalue weighted by molar-refractivity contribution is 0.684. The molecule has 0 aliphatic heterocycles. The van der Waals surface area contributed by atoms with E-state index in [-0.39, 0.29) is 4.99 Å². The zero-order valence-electron chi connectivity index (χ0n) is 9.57. The first kappa shape index (κ1) is 12.8. The summed E-state index contributed by atoms with van der Waals surface area (Å²) in [6.45, 7) is 3.08. The molecule has 0 saturated heterocycles. The van der Waals surface area contributed by atoms with Gasteiger partial charge in [-0.05, 0) is 6.42 Å². The number of unbranched alkanes of at least 4 members (excludes halogenated alkanes) is 3. The number of nitrogens with one attached hydrogen (secondary N) is 1. The van der Waals surface area contributed by atoms with Crippen molar-refractivity contribution in [3.63, 3.8) is 0 Å². The van der Waals surface area contributed by atoms with Gasteiger partial charge in [0.15, 0.2) is 5.82 Å². The van der Waals surface area contributed by atoms with E-state index in [2.05, 4.69) is 22.2 Å². The van der Waals surface area contributed by atoms with Crippen LogP contribution in [0.25, 0.3) is 0 Å². The molecule has 0 aliphatic carbocycles. The highest BCUT2D eigenvalue weighted by Gasteiger charge is 2.06. The average Bonchev–Trinajstić information content (AvgIpc) is 2.29. The third-order valence-corrected chi connectivity index (χ3v) is 2.45. The van der Waals surface area contributed by atoms with Crippen LogP contribution in [-0.2, 0) is 0 Å². The fourth-order valence-corrected chi connectivity index (χ4v) is 1.56. The molecule has 3 N–H and O–H groups in total. The van der Waals surface area contributed by atoms with Crippen LogP contribution in [-0.4, -0.2) is 21.5 Å². The zero-order valence-corrected chi connectivity index (χ0v) is 10.4. The standard InChI is InChI=1S/C11H18N4S/c1-2-3-4-5-6-14-11-9(10(12)16)13-7-8-15-11/h7-8H,2-6H2,1H3,(H2,12,16)(H,14,15). The van der Waals surface area contributed by atoms with Crippen molar-refractivity contribution >= 4 is 23.0 Å². The number of nitrogens with two attached hydrogens (primary N) is 1. The minimum Gasteiger partial charge on any atom is -0.388 e. The van der Waals surface area contributed by atoms with Gasteiger partial charge in [0.05, 0.1) is 0 Å². The molecule has 1 aromatic heterocycles. The molecule has 0 unspecified atom stereocenters. The first-order valence-corrected chi connectivity index (χ1v) is 6.01. The van der Waals surface area contributed by atoms with Crippen LogP contribution >= 0.6 is 12.2 Å². The molecule has 0 saturated carbocycles. The van der Waals surface area contributed by atoms with Gasteiger partial charge in [0.25, 0.3) is 0 Å². The molecule has 0 atom stereocenters. The van der Waals surface area contributed by atoms with Crippen molar-refractivity contribution in [2.45, 2.75) is 32.6 Å². The van der Waals surface area contributed by atoms with Crippen LogP contribution in [0.5, 0.6) is 0 Å². The van der Waals surface area contributed by atoms with Crippen molar-refractivity contribution in [3.8, 4) is 0 Å². The summed E-state index contributed by atoms with van der Waals surface area (Å²) in [5.41, 5.74) is 6.13. The molecule has 0 bridgehead atoms. The Morgan fingerprint density at radius 1 is 1.31 bits per heavy atom. The first-order chi connectivity index (χ1) is 7.75. The van der Waals surface area contributed by atoms with Gasteiger partial charge in [-0.15, -0.1) is 0 Å². The highest BCUT2D eigenvalue weighted by Crippen LogP contribution is 2.08. The van der Waals surface area contributed by atoms with Crippen LogP contribution < -0.4 is 11.1 Å². The third kappa shape index (κ3) is 4.10. The predicted octanol–water partition coefficient (Wildman–Crippen LogP) is 2.10. The first-order valence-electron chi connectivity index (χ1n) is 5.60. The largest absolute Gasteiger partial charge is 0.388 e. The van der Waals surface area contributed by atoms with Crippen molar-refractivity contribution in [1.29, 1.82) is 0 Å². The van der Waals surface area contributed by atoms with Gasteiger partial charge in [0.2, 0.25) is 0 Å². The number of thiocarbonyl (C=S) groups is 1. The Morgan fingerprint density at radius 3 is 2.75 bits per heavy atom. The molecule has 0 amide bonds. The van der Waals surface area contributed by atoms with Gasteiger partial charge in [0.1, 0.15) is 10.7 Å². The molecular weight excluding hydrogens is 220 g/mol. The second kappa shape index (κ2) is 7.11. The van der Waals surface area contributed by atoms with E-state index in [1.807, 2.05) is 0 Å². The van der Waals surface area contributed by atoms with E-state index in [4.69, 9.17) is 18.0 Å². The molecule has 5 heteroatoms. The topological polar surface area (TPSA) is 63.8 Å². The number of nitrogens with zero attached hydrogens (tertiary/aromatic N) is 2. The van der Waals surface area contributed by atoms with Gasteiger partial charge < -0.3 is 11.1 Å². The lowest BCUT2D eigenvalue weighted by atomic mass is 10.2. The van der Waals surface area contributed by atoms with Crippen molar-refractivity contribution in [2.75, 3.05) is 11.9 Å². The van der Waals surface area contributed by atoms with Crippen LogP contribution in [0.1, 0.15) is 38.3 Å². The Balaban J connectivity index is 2.44. The lowest BCUT2D eigenvalue weighted by Gasteiger charge is -2.08. The Kier molecular flexibility index (Phi) is 5.71. The maximum Gasteiger partial charge on any atom is 0.155 e. The van der Waals surface area contributed by atoms with E-state index in [1.54, 1.807) is 12.4 Å². The second-order valence-corrected chi connectivity index (χ2v) is 4.05. The predicted molar refractivity (Wildman–Crippen MR) is 70.6 cm³/mol.